The molecular formula is C19H31N4O5S+. The molecule has 0 fully saturated rings. The summed E-state index contributed by atoms with van der Waals surface area (Å²) in [5.41, 5.74) is 7.34. The number of nitrogens with two attached hydrogens (primary N) is 1. The van der Waals surface area contributed by atoms with Gasteiger partial charge in [0.05, 0.1) is 38.3 Å². The van der Waals surface area contributed by atoms with E-state index in [0.717, 1.165) is 48.8 Å². The monoisotopic (exact) mass is 427 g/mol. The number of carbonyl (C=O) groups is 2. The molecule has 0 saturated carbocycles. The summed E-state index contributed by atoms with van der Waals surface area (Å²) in [6.45, 7) is 4.31. The zero-order valence-electron chi connectivity index (χ0n) is 17.1. The van der Waals surface area contributed by atoms with E-state index in [2.05, 4.69) is 21.7 Å². The Hall–Kier alpha value is -2.04. The Morgan fingerprint density at radius 2 is 2.14 bits per heavy atom. The maximum atomic E-state index is 11.9. The first kappa shape index (κ1) is 23.2. The quantitative estimate of drug-likeness (QED) is 0.295. The topological polar surface area (TPSA) is 125 Å². The van der Waals surface area contributed by atoms with E-state index in [9.17, 15) is 9.59 Å². The number of carboxylic acids is 1. The zero-order valence-corrected chi connectivity index (χ0v) is 17.9. The second kappa shape index (κ2) is 11.2. The van der Waals surface area contributed by atoms with Crippen molar-refractivity contribution in [2.45, 2.75) is 51.5 Å². The van der Waals surface area contributed by atoms with E-state index in [1.54, 1.807) is 0 Å². The van der Waals surface area contributed by atoms with Crippen molar-refractivity contribution in [2.24, 2.45) is 5.73 Å². The summed E-state index contributed by atoms with van der Waals surface area (Å²) < 4.78 is 20.3. The lowest BCUT2D eigenvalue weighted by Crippen LogP contribution is -2.50. The SMILES string of the molecule is CCCCCCOc1nsnc1C1=CCC[N+](C)(COC(=O)[C@@H](N)CC(=O)O)C1. The van der Waals surface area contributed by atoms with Crippen LogP contribution in [0.15, 0.2) is 6.08 Å². The van der Waals surface area contributed by atoms with E-state index in [1.807, 2.05) is 7.05 Å². The van der Waals surface area contributed by atoms with Crippen molar-refractivity contribution < 1.29 is 28.7 Å². The summed E-state index contributed by atoms with van der Waals surface area (Å²) in [4.78, 5) is 22.6. The van der Waals surface area contributed by atoms with Crippen LogP contribution in [0.1, 0.15) is 51.1 Å². The second-order valence-electron chi connectivity index (χ2n) is 7.64. The molecule has 0 aliphatic carbocycles. The van der Waals surface area contributed by atoms with Crippen molar-refractivity contribution in [1.29, 1.82) is 0 Å². The molecule has 0 aromatic carbocycles. The minimum atomic E-state index is -1.16. The fourth-order valence-corrected chi connectivity index (χ4v) is 3.69. The van der Waals surface area contributed by atoms with Gasteiger partial charge in [0.15, 0.2) is 0 Å². The third-order valence-corrected chi connectivity index (χ3v) is 5.34. The number of carbonyl (C=O) groups excluding carboxylic acids is 1. The molecule has 9 nitrogen and oxygen atoms in total. The number of carboxylic acid groups (broad SMARTS) is 1. The van der Waals surface area contributed by atoms with Crippen LogP contribution >= 0.6 is 11.7 Å². The van der Waals surface area contributed by atoms with Crippen molar-refractivity contribution >= 4 is 29.2 Å². The van der Waals surface area contributed by atoms with Gasteiger partial charge < -0.3 is 20.3 Å². The number of ether oxygens (including phenoxy) is 2. The molecule has 1 aliphatic heterocycles. The maximum absolute atomic E-state index is 11.9. The highest BCUT2D eigenvalue weighted by molar-refractivity contribution is 6.99. The van der Waals surface area contributed by atoms with Crippen LogP contribution in [0.25, 0.3) is 5.57 Å². The first-order valence-electron chi connectivity index (χ1n) is 9.97. The van der Waals surface area contributed by atoms with E-state index >= 15 is 0 Å². The first-order chi connectivity index (χ1) is 13.8. The van der Waals surface area contributed by atoms with Crippen molar-refractivity contribution in [3.63, 3.8) is 0 Å². The van der Waals surface area contributed by atoms with Crippen LogP contribution in [0.5, 0.6) is 5.88 Å². The number of hydrogen-bond donors (Lipinski definition) is 2. The van der Waals surface area contributed by atoms with Crippen LogP contribution in [-0.2, 0) is 14.3 Å². The molecule has 3 N–H and O–H groups in total. The normalized spacial score (nSPS) is 20.0. The van der Waals surface area contributed by atoms with Gasteiger partial charge in [-0.2, -0.15) is 4.37 Å². The summed E-state index contributed by atoms with van der Waals surface area (Å²) in [5.74, 6) is -1.27. The largest absolute Gasteiger partial charge is 0.481 e. The highest BCUT2D eigenvalue weighted by Crippen LogP contribution is 2.30. The predicted octanol–water partition coefficient (Wildman–Crippen LogP) is 2.03. The number of esters is 1. The molecule has 0 amide bonds. The molecule has 0 bridgehead atoms. The van der Waals surface area contributed by atoms with Crippen LogP contribution in [0.3, 0.4) is 0 Å². The zero-order chi connectivity index (χ0) is 21.3. The average Bonchev–Trinajstić information content (AvgIpc) is 3.14. The third-order valence-electron chi connectivity index (χ3n) is 4.83. The van der Waals surface area contributed by atoms with Gasteiger partial charge in [-0.1, -0.05) is 32.3 Å². The number of hydrogen-bond acceptors (Lipinski definition) is 8. The van der Waals surface area contributed by atoms with E-state index in [1.165, 1.54) is 12.8 Å². The minimum Gasteiger partial charge on any atom is -0.481 e. The lowest BCUT2D eigenvalue weighted by molar-refractivity contribution is -0.919. The third kappa shape index (κ3) is 7.37. The lowest BCUT2D eigenvalue weighted by atomic mass is 10.1. The molecule has 1 aliphatic rings. The van der Waals surface area contributed by atoms with Crippen molar-refractivity contribution in [3.8, 4) is 5.88 Å². The Balaban J connectivity index is 1.91. The summed E-state index contributed by atoms with van der Waals surface area (Å²) >= 11 is 1.13. The molecule has 0 spiro atoms. The molecule has 2 rings (SSSR count). The molecule has 1 unspecified atom stereocenters. The van der Waals surface area contributed by atoms with Crippen LogP contribution in [0.2, 0.25) is 0 Å². The summed E-state index contributed by atoms with van der Waals surface area (Å²) in [7, 11) is 1.98. The Kier molecular flexibility index (Phi) is 8.99. The molecule has 10 heteroatoms. The van der Waals surface area contributed by atoms with Gasteiger partial charge >= 0.3 is 11.9 Å². The highest BCUT2D eigenvalue weighted by Gasteiger charge is 2.32. The smallest absolute Gasteiger partial charge is 0.327 e. The van der Waals surface area contributed by atoms with Gasteiger partial charge in [-0.3, -0.25) is 14.1 Å². The van der Waals surface area contributed by atoms with E-state index in [0.29, 0.717) is 23.5 Å². The van der Waals surface area contributed by atoms with Crippen molar-refractivity contribution in [1.82, 2.24) is 8.75 Å². The highest BCUT2D eigenvalue weighted by atomic mass is 32.1. The molecule has 0 radical (unpaired) electrons. The summed E-state index contributed by atoms with van der Waals surface area (Å²) in [5, 5.41) is 8.75. The van der Waals surface area contributed by atoms with Gasteiger partial charge in [0.25, 0.3) is 5.88 Å². The summed E-state index contributed by atoms with van der Waals surface area (Å²) in [6.07, 6.45) is 6.98. The second-order valence-corrected chi connectivity index (χ2v) is 8.17. The molecule has 1 aromatic rings. The molecule has 2 atom stereocenters. The molecule has 162 valence electrons. The van der Waals surface area contributed by atoms with E-state index in [4.69, 9.17) is 20.3 Å². The Labute approximate surface area is 175 Å². The van der Waals surface area contributed by atoms with Crippen molar-refractivity contribution in [3.05, 3.63) is 11.8 Å². The minimum absolute atomic E-state index is 0.119. The number of aromatic nitrogens is 2. The Morgan fingerprint density at radius 3 is 2.86 bits per heavy atom. The van der Waals surface area contributed by atoms with Crippen LogP contribution in [0.4, 0.5) is 0 Å². The van der Waals surface area contributed by atoms with Gasteiger partial charge in [0.2, 0.25) is 6.73 Å². The molecule has 1 aromatic heterocycles. The van der Waals surface area contributed by atoms with Crippen molar-refractivity contribution in [2.75, 3.05) is 33.5 Å². The maximum Gasteiger partial charge on any atom is 0.327 e. The van der Waals surface area contributed by atoms with Gasteiger partial charge in [-0.05, 0) is 6.42 Å². The van der Waals surface area contributed by atoms with Gasteiger partial charge in [-0.15, -0.1) is 4.37 Å². The molecule has 0 saturated heterocycles. The van der Waals surface area contributed by atoms with Crippen LogP contribution in [-0.4, -0.2) is 69.8 Å². The van der Waals surface area contributed by atoms with Gasteiger partial charge in [0, 0.05) is 12.0 Å². The first-order valence-corrected chi connectivity index (χ1v) is 10.7. The average molecular weight is 428 g/mol. The number of aliphatic carboxylic acids is 1. The standard InChI is InChI=1S/C19H30N4O5S/c1-3-4-5-6-10-27-18-17(21-29-22-18)14-8-7-9-23(2,12-14)13-28-19(26)15(20)11-16(24)25/h8,15H,3-7,9-13,20H2,1-2H3/p+1/t15-,23?/m0/s1. The number of unbranched alkanes of at least 4 members (excludes halogenated alkanes) is 3. The molecular weight excluding hydrogens is 396 g/mol. The van der Waals surface area contributed by atoms with E-state index in [-0.39, 0.29) is 6.73 Å². The molecule has 29 heavy (non-hydrogen) atoms. The van der Waals surface area contributed by atoms with Gasteiger partial charge in [-0.25, -0.2) is 0 Å². The van der Waals surface area contributed by atoms with Crippen LogP contribution < -0.4 is 10.5 Å². The van der Waals surface area contributed by atoms with Crippen LogP contribution in [0, 0.1) is 0 Å². The fourth-order valence-electron chi connectivity index (χ4n) is 3.15. The predicted molar refractivity (Wildman–Crippen MR) is 109 cm³/mol. The number of quaternary nitrogens is 1. The fraction of sp³-hybridized carbons (Fsp3) is 0.684. The summed E-state index contributed by atoms with van der Waals surface area (Å²) in [6, 6.07) is -1.16. The molecule has 2 heterocycles. The van der Waals surface area contributed by atoms with E-state index < -0.39 is 24.4 Å². The Bertz CT molecular complexity index is 723. The number of likely N-dealkylation sites (N-methyl/N-ethyl adjacent to an activating group) is 1. The lowest BCUT2D eigenvalue weighted by Gasteiger charge is -2.36. The number of nitrogens with zero attached hydrogens (tertiary/aromatic N) is 3. The van der Waals surface area contributed by atoms with Gasteiger partial charge in [0.1, 0.15) is 18.3 Å². The Morgan fingerprint density at radius 1 is 1.34 bits per heavy atom. The number of rotatable bonds is 12.